The van der Waals surface area contributed by atoms with Crippen molar-refractivity contribution in [3.8, 4) is 0 Å². The quantitative estimate of drug-likeness (QED) is 0.121. The number of hydrogen-bond acceptors (Lipinski definition) is 13. The summed E-state index contributed by atoms with van der Waals surface area (Å²) in [6, 6.07) is -2.46. The first-order valence-electron chi connectivity index (χ1n) is 15.1. The average Bonchev–Trinajstić information content (AvgIpc) is 3.49. The topological polar surface area (TPSA) is 184 Å². The number of anilines is 1. The molecule has 1 aliphatic heterocycles. The number of carbonyl (C=O) groups excluding carboxylic acids is 5. The molecule has 3 amide bonds. The molecule has 2 atom stereocenters. The lowest BCUT2D eigenvalue weighted by atomic mass is 10.1. The normalized spacial score (nSPS) is 15.4. The van der Waals surface area contributed by atoms with Crippen LogP contribution in [-0.4, -0.2) is 121 Å². The molecule has 0 aromatic carbocycles. The van der Waals surface area contributed by atoms with Crippen molar-refractivity contribution in [1.82, 2.24) is 20.9 Å². The zero-order valence-corrected chi connectivity index (χ0v) is 29.9. The van der Waals surface area contributed by atoms with Crippen LogP contribution >= 0.6 is 11.3 Å². The predicted octanol–water partition coefficient (Wildman–Crippen LogP) is 1.23. The van der Waals surface area contributed by atoms with E-state index in [1.807, 2.05) is 38.8 Å². The summed E-state index contributed by atoms with van der Waals surface area (Å²) in [4.78, 5) is 69.0. The van der Waals surface area contributed by atoms with E-state index in [9.17, 15) is 24.0 Å². The number of rotatable bonds is 17. The second-order valence-corrected chi connectivity index (χ2v) is 18.0. The molecule has 260 valence electrons. The lowest BCUT2D eigenvalue weighted by Gasteiger charge is -2.37. The zero-order valence-electron chi connectivity index (χ0n) is 28.1. The summed E-state index contributed by atoms with van der Waals surface area (Å²) < 4.78 is 26.1. The summed E-state index contributed by atoms with van der Waals surface area (Å²) in [7, 11) is 0.375. The van der Waals surface area contributed by atoms with Gasteiger partial charge in [0.05, 0.1) is 26.9 Å². The summed E-state index contributed by atoms with van der Waals surface area (Å²) in [5.74, 6) is -2.92. The Balaban J connectivity index is 2.07. The number of hydrogen-bond donors (Lipinski definition) is 3. The van der Waals surface area contributed by atoms with Crippen LogP contribution in [0.3, 0.4) is 0 Å². The molecule has 2 heterocycles. The molecule has 1 saturated heterocycles. The molecule has 2 rings (SSSR count). The minimum atomic E-state index is -2.34. The average molecular weight is 688 g/mol. The van der Waals surface area contributed by atoms with Crippen LogP contribution in [0.2, 0.25) is 18.1 Å². The van der Waals surface area contributed by atoms with Gasteiger partial charge < -0.3 is 44.2 Å². The first-order valence-corrected chi connectivity index (χ1v) is 18.9. The van der Waals surface area contributed by atoms with Gasteiger partial charge in [0, 0.05) is 38.5 Å². The molecular weight excluding hydrogens is 638 g/mol. The Morgan fingerprint density at radius 1 is 1.04 bits per heavy atom. The van der Waals surface area contributed by atoms with Crippen molar-refractivity contribution in [3.05, 3.63) is 11.1 Å². The zero-order chi connectivity index (χ0) is 34.5. The van der Waals surface area contributed by atoms with Gasteiger partial charge in [-0.05, 0) is 31.0 Å². The molecule has 0 radical (unpaired) electrons. The van der Waals surface area contributed by atoms with Gasteiger partial charge in [0.15, 0.2) is 19.5 Å². The smallest absolute Gasteiger partial charge is 0.331 e. The summed E-state index contributed by atoms with van der Waals surface area (Å²) in [6.45, 7) is 12.8. The van der Waals surface area contributed by atoms with Crippen molar-refractivity contribution in [1.29, 1.82) is 0 Å². The van der Waals surface area contributed by atoms with E-state index in [0.717, 1.165) is 7.11 Å². The molecule has 1 aromatic rings. The van der Waals surface area contributed by atoms with Crippen LogP contribution in [0.4, 0.5) is 5.13 Å². The highest BCUT2D eigenvalue weighted by Gasteiger charge is 2.39. The maximum absolute atomic E-state index is 13.4. The monoisotopic (exact) mass is 687 g/mol. The molecule has 1 aromatic heterocycles. The third-order valence-corrected chi connectivity index (χ3v) is 13.2. The number of piperidine rings is 1. The molecule has 17 heteroatoms. The fraction of sp³-hybridized carbons (Fsp3) is 0.724. The second-order valence-electron chi connectivity index (χ2n) is 12.4. The predicted molar refractivity (Wildman–Crippen MR) is 173 cm³/mol. The third kappa shape index (κ3) is 12.6. The standard InChI is InChI=1S/C29H49N5O10SSi/c1-19(35)43-15-22(27(39)41-6)32-25(37)21(16-44-46(7,8)29(2,3)4)31-26(38)23-18-45-28(33-23)34-11-9-20(10-12-34)30-24(36)17-42-14-13-40-5/h18,20-22H,9-17H2,1-8H3,(H,30,36)(H,31,38)(H,32,37)/t21-,22-/m0/s1. The van der Waals surface area contributed by atoms with Gasteiger partial charge in [-0.1, -0.05) is 20.8 Å². The maximum atomic E-state index is 13.4. The number of esters is 2. The minimum absolute atomic E-state index is 0.00680. The van der Waals surface area contributed by atoms with Gasteiger partial charge in [0.2, 0.25) is 11.8 Å². The molecule has 46 heavy (non-hydrogen) atoms. The molecule has 1 aliphatic rings. The van der Waals surface area contributed by atoms with E-state index < -0.39 is 50.8 Å². The van der Waals surface area contributed by atoms with Gasteiger partial charge in [0.25, 0.3) is 5.91 Å². The Morgan fingerprint density at radius 3 is 2.30 bits per heavy atom. The van der Waals surface area contributed by atoms with Gasteiger partial charge in [-0.2, -0.15) is 0 Å². The van der Waals surface area contributed by atoms with E-state index in [1.54, 1.807) is 12.5 Å². The molecule has 0 unspecified atom stereocenters. The first-order chi connectivity index (χ1) is 21.6. The minimum Gasteiger partial charge on any atom is -0.467 e. The molecule has 0 aliphatic carbocycles. The number of nitrogens with zero attached hydrogens (tertiary/aromatic N) is 2. The second kappa shape index (κ2) is 18.3. The molecule has 0 bridgehead atoms. The Bertz CT molecular complexity index is 1180. The summed E-state index contributed by atoms with van der Waals surface area (Å²) >= 11 is 1.30. The van der Waals surface area contributed by atoms with Crippen LogP contribution in [0, 0.1) is 0 Å². The largest absolute Gasteiger partial charge is 0.467 e. The number of methoxy groups -OCH3 is 2. The summed E-state index contributed by atoms with van der Waals surface area (Å²) in [5.41, 5.74) is 0.123. The number of thiazole rings is 1. The lowest BCUT2D eigenvalue weighted by Crippen LogP contribution is -2.56. The van der Waals surface area contributed by atoms with Crippen molar-refractivity contribution in [2.45, 2.75) is 76.8 Å². The molecule has 0 saturated carbocycles. The Kier molecular flexibility index (Phi) is 15.5. The van der Waals surface area contributed by atoms with Crippen molar-refractivity contribution in [2.75, 3.05) is 65.2 Å². The van der Waals surface area contributed by atoms with Crippen LogP contribution in [0.15, 0.2) is 5.38 Å². The van der Waals surface area contributed by atoms with Crippen molar-refractivity contribution in [2.24, 2.45) is 0 Å². The highest BCUT2D eigenvalue weighted by atomic mass is 32.1. The van der Waals surface area contributed by atoms with Crippen LogP contribution in [0.25, 0.3) is 0 Å². The fourth-order valence-corrected chi connectivity index (χ4v) is 5.89. The van der Waals surface area contributed by atoms with Crippen LogP contribution in [0.1, 0.15) is 51.0 Å². The summed E-state index contributed by atoms with van der Waals surface area (Å²) in [5, 5.41) is 10.3. The van der Waals surface area contributed by atoms with Crippen molar-refractivity contribution in [3.63, 3.8) is 0 Å². The number of amides is 3. The maximum Gasteiger partial charge on any atom is 0.331 e. The number of nitrogens with one attached hydrogen (secondary N) is 3. The van der Waals surface area contributed by atoms with Gasteiger partial charge in [0.1, 0.15) is 24.9 Å². The Labute approximate surface area is 275 Å². The highest BCUT2D eigenvalue weighted by Crippen LogP contribution is 2.36. The van der Waals surface area contributed by atoms with Crippen LogP contribution in [0.5, 0.6) is 0 Å². The van der Waals surface area contributed by atoms with Gasteiger partial charge in [-0.3, -0.25) is 19.2 Å². The molecule has 0 spiro atoms. The van der Waals surface area contributed by atoms with E-state index >= 15 is 0 Å². The lowest BCUT2D eigenvalue weighted by molar-refractivity contribution is -0.151. The molecule has 3 N–H and O–H groups in total. The van der Waals surface area contributed by atoms with Crippen LogP contribution in [-0.2, 0) is 42.6 Å². The highest BCUT2D eigenvalue weighted by molar-refractivity contribution is 7.13. The summed E-state index contributed by atoms with van der Waals surface area (Å²) in [6.07, 6.45) is 1.40. The van der Waals surface area contributed by atoms with E-state index in [2.05, 4.69) is 20.9 Å². The number of aromatic nitrogens is 1. The van der Waals surface area contributed by atoms with Crippen LogP contribution < -0.4 is 20.9 Å². The Hall–Kier alpha value is -3.12. The van der Waals surface area contributed by atoms with Gasteiger partial charge in [-0.15, -0.1) is 11.3 Å². The van der Waals surface area contributed by atoms with E-state index in [0.29, 0.717) is 44.3 Å². The van der Waals surface area contributed by atoms with Crippen molar-refractivity contribution < 1.29 is 47.3 Å². The fourth-order valence-electron chi connectivity index (χ4n) is 4.01. The van der Waals surface area contributed by atoms with E-state index in [1.165, 1.54) is 18.3 Å². The third-order valence-electron chi connectivity index (χ3n) is 7.81. The van der Waals surface area contributed by atoms with E-state index in [4.69, 9.17) is 23.4 Å². The Morgan fingerprint density at radius 2 is 1.72 bits per heavy atom. The molecule has 15 nitrogen and oxygen atoms in total. The van der Waals surface area contributed by atoms with Gasteiger partial charge >= 0.3 is 11.9 Å². The molecular formula is C29H49N5O10SSi. The number of ether oxygens (including phenoxy) is 4. The molecule has 1 fully saturated rings. The van der Waals surface area contributed by atoms with Crippen molar-refractivity contribution >= 4 is 54.4 Å². The number of carbonyl (C=O) groups is 5. The van der Waals surface area contributed by atoms with E-state index in [-0.39, 0.29) is 35.9 Å². The van der Waals surface area contributed by atoms with Gasteiger partial charge in [-0.25, -0.2) is 9.78 Å². The first kappa shape index (κ1) is 39.1. The SMILES string of the molecule is COCCOCC(=O)NC1CCN(c2nc(C(=O)N[C@@H](CO[Si](C)(C)C(C)(C)C)C(=O)N[C@@H](COC(C)=O)C(=O)OC)cs2)CC1.